The van der Waals surface area contributed by atoms with E-state index in [-0.39, 0.29) is 0 Å². The fourth-order valence-corrected chi connectivity index (χ4v) is 1.91. The number of nitrogens with zero attached hydrogens (tertiary/aromatic N) is 2. The number of aromatic nitrogens is 2. The van der Waals surface area contributed by atoms with E-state index in [0.717, 1.165) is 22.2 Å². The summed E-state index contributed by atoms with van der Waals surface area (Å²) in [6.45, 7) is 14.1. The molecule has 1 aromatic carbocycles. The van der Waals surface area contributed by atoms with Crippen LogP contribution in [0.25, 0.3) is 18.8 Å². The first-order valence-corrected chi connectivity index (χ1v) is 5.31. The van der Waals surface area contributed by atoms with E-state index in [0.29, 0.717) is 0 Å². The normalized spacial score (nSPS) is 10.7. The second-order valence-electron chi connectivity index (χ2n) is 4.18. The molecule has 0 radical (unpaired) electrons. The van der Waals surface area contributed by atoms with Crippen LogP contribution in [0, 0.1) is 20.8 Å². The monoisotopic (exact) mass is 212 g/mol. The van der Waals surface area contributed by atoms with Crippen molar-refractivity contribution in [1.29, 1.82) is 0 Å². The summed E-state index contributed by atoms with van der Waals surface area (Å²) in [7, 11) is 0. The second kappa shape index (κ2) is 3.63. The number of imidazole rings is 1. The van der Waals surface area contributed by atoms with E-state index < -0.39 is 0 Å². The van der Waals surface area contributed by atoms with E-state index in [2.05, 4.69) is 54.8 Å². The van der Waals surface area contributed by atoms with Crippen molar-refractivity contribution in [3.63, 3.8) is 0 Å². The third kappa shape index (κ3) is 1.56. The SMILES string of the molecule is C=c1nc(C)n(-c2cc(C)ccc2C)c1=C. The molecule has 0 unspecified atom stereocenters. The molecular formula is C14H16N2. The summed E-state index contributed by atoms with van der Waals surface area (Å²) in [6.07, 6.45) is 0. The molecule has 2 nitrogen and oxygen atoms in total. The molecule has 0 amide bonds. The molecule has 0 aliphatic heterocycles. The lowest BCUT2D eigenvalue weighted by molar-refractivity contribution is 0.940. The lowest BCUT2D eigenvalue weighted by Gasteiger charge is -2.10. The zero-order chi connectivity index (χ0) is 11.9. The Balaban J connectivity index is 2.82. The first-order valence-electron chi connectivity index (χ1n) is 5.31. The maximum Gasteiger partial charge on any atom is 0.111 e. The molecule has 0 spiro atoms. The topological polar surface area (TPSA) is 17.8 Å². The molecular weight excluding hydrogens is 196 g/mol. The van der Waals surface area contributed by atoms with Crippen molar-refractivity contribution in [2.24, 2.45) is 0 Å². The zero-order valence-electron chi connectivity index (χ0n) is 10.0. The van der Waals surface area contributed by atoms with Crippen molar-refractivity contribution in [1.82, 2.24) is 9.55 Å². The molecule has 16 heavy (non-hydrogen) atoms. The van der Waals surface area contributed by atoms with Gasteiger partial charge in [-0.25, -0.2) is 4.98 Å². The van der Waals surface area contributed by atoms with Crippen molar-refractivity contribution in [2.75, 3.05) is 0 Å². The molecule has 2 aromatic rings. The fourth-order valence-electron chi connectivity index (χ4n) is 1.91. The summed E-state index contributed by atoms with van der Waals surface area (Å²) in [5, 5.41) is 1.62. The minimum absolute atomic E-state index is 0.749. The van der Waals surface area contributed by atoms with Crippen LogP contribution >= 0.6 is 0 Å². The Morgan fingerprint density at radius 1 is 1.12 bits per heavy atom. The average molecular weight is 212 g/mol. The molecule has 0 aliphatic rings. The standard InChI is InChI=1S/C14H16N2/c1-9-6-7-10(2)14(8-9)16-12(4)11(3)15-13(16)5/h6-8H,3-4H2,1-2,5H3. The van der Waals surface area contributed by atoms with Crippen LogP contribution in [-0.4, -0.2) is 9.55 Å². The molecule has 0 saturated heterocycles. The third-order valence-electron chi connectivity index (χ3n) is 2.83. The summed E-state index contributed by atoms with van der Waals surface area (Å²) in [4.78, 5) is 4.35. The lowest BCUT2D eigenvalue weighted by Crippen LogP contribution is -2.26. The summed E-state index contributed by atoms with van der Waals surface area (Å²) >= 11 is 0. The van der Waals surface area contributed by atoms with Crippen molar-refractivity contribution in [2.45, 2.75) is 20.8 Å². The quantitative estimate of drug-likeness (QED) is 0.702. The van der Waals surface area contributed by atoms with Gasteiger partial charge < -0.3 is 0 Å². The van der Waals surface area contributed by atoms with E-state index >= 15 is 0 Å². The molecule has 0 fully saturated rings. The van der Waals surface area contributed by atoms with E-state index in [1.165, 1.54) is 11.1 Å². The summed E-state index contributed by atoms with van der Waals surface area (Å²) in [5.41, 5.74) is 3.60. The van der Waals surface area contributed by atoms with E-state index in [1.807, 2.05) is 6.92 Å². The van der Waals surface area contributed by atoms with Gasteiger partial charge in [0.25, 0.3) is 0 Å². The first kappa shape index (κ1) is 10.7. The second-order valence-corrected chi connectivity index (χ2v) is 4.18. The molecule has 0 saturated carbocycles. The van der Waals surface area contributed by atoms with Gasteiger partial charge in [-0.3, -0.25) is 4.57 Å². The largest absolute Gasteiger partial charge is 0.297 e. The van der Waals surface area contributed by atoms with Gasteiger partial charge in [-0.2, -0.15) is 0 Å². The predicted octanol–water partition coefficient (Wildman–Crippen LogP) is 1.62. The Labute approximate surface area is 95.6 Å². The van der Waals surface area contributed by atoms with Crippen LogP contribution in [0.5, 0.6) is 0 Å². The molecule has 0 bridgehead atoms. The van der Waals surface area contributed by atoms with Gasteiger partial charge in [0.1, 0.15) is 5.82 Å². The van der Waals surface area contributed by atoms with Gasteiger partial charge in [0, 0.05) is 0 Å². The average Bonchev–Trinajstić information content (AvgIpc) is 2.46. The van der Waals surface area contributed by atoms with Gasteiger partial charge in [0.15, 0.2) is 0 Å². The Kier molecular flexibility index (Phi) is 2.43. The van der Waals surface area contributed by atoms with Crippen molar-refractivity contribution in [3.8, 4) is 5.69 Å². The third-order valence-corrected chi connectivity index (χ3v) is 2.83. The van der Waals surface area contributed by atoms with Gasteiger partial charge >= 0.3 is 0 Å². The summed E-state index contributed by atoms with van der Waals surface area (Å²) < 4.78 is 2.06. The molecule has 0 atom stereocenters. The highest BCUT2D eigenvalue weighted by Gasteiger charge is 2.06. The van der Waals surface area contributed by atoms with Gasteiger partial charge in [0.2, 0.25) is 0 Å². The van der Waals surface area contributed by atoms with Gasteiger partial charge in [-0.15, -0.1) is 0 Å². The molecule has 82 valence electrons. The van der Waals surface area contributed by atoms with Crippen LogP contribution < -0.4 is 10.7 Å². The van der Waals surface area contributed by atoms with E-state index in [4.69, 9.17) is 0 Å². The predicted molar refractivity (Wildman–Crippen MR) is 68.1 cm³/mol. The number of aryl methyl sites for hydroxylation is 3. The Morgan fingerprint density at radius 2 is 1.81 bits per heavy atom. The van der Waals surface area contributed by atoms with Gasteiger partial charge in [-0.05, 0) is 38.0 Å². The number of hydrogen-bond acceptors (Lipinski definition) is 1. The lowest BCUT2D eigenvalue weighted by atomic mass is 10.1. The van der Waals surface area contributed by atoms with Crippen LogP contribution in [0.15, 0.2) is 18.2 Å². The zero-order valence-corrected chi connectivity index (χ0v) is 10.0. The van der Waals surface area contributed by atoms with Crippen LogP contribution in [0.1, 0.15) is 17.0 Å². The van der Waals surface area contributed by atoms with Crippen LogP contribution in [0.4, 0.5) is 0 Å². The summed E-state index contributed by atoms with van der Waals surface area (Å²) in [6, 6.07) is 6.38. The van der Waals surface area contributed by atoms with Crippen molar-refractivity contribution in [3.05, 3.63) is 45.8 Å². The number of rotatable bonds is 1. The maximum absolute atomic E-state index is 4.35. The fraction of sp³-hybridized carbons (Fsp3) is 0.214. The molecule has 0 aliphatic carbocycles. The van der Waals surface area contributed by atoms with Crippen molar-refractivity contribution >= 4 is 13.2 Å². The van der Waals surface area contributed by atoms with Crippen LogP contribution in [0.3, 0.4) is 0 Å². The highest BCUT2D eigenvalue weighted by atomic mass is 15.1. The maximum atomic E-state index is 4.35. The molecule has 1 aromatic heterocycles. The van der Waals surface area contributed by atoms with Crippen LogP contribution in [0.2, 0.25) is 0 Å². The minimum Gasteiger partial charge on any atom is -0.297 e. The Bertz CT molecular complexity index is 635. The minimum atomic E-state index is 0.749. The smallest absolute Gasteiger partial charge is 0.111 e. The highest BCUT2D eigenvalue weighted by Crippen LogP contribution is 2.14. The van der Waals surface area contributed by atoms with E-state index in [9.17, 15) is 0 Å². The molecule has 2 rings (SSSR count). The van der Waals surface area contributed by atoms with Gasteiger partial charge in [0.05, 0.1) is 16.4 Å². The molecule has 1 heterocycles. The Hall–Kier alpha value is -1.83. The number of hydrogen-bond donors (Lipinski definition) is 0. The molecule has 0 N–H and O–H groups in total. The van der Waals surface area contributed by atoms with Crippen molar-refractivity contribution < 1.29 is 0 Å². The van der Waals surface area contributed by atoms with Crippen LogP contribution in [-0.2, 0) is 0 Å². The Morgan fingerprint density at radius 3 is 2.38 bits per heavy atom. The first-order chi connectivity index (χ1) is 7.50. The number of benzene rings is 1. The van der Waals surface area contributed by atoms with E-state index in [1.54, 1.807) is 0 Å². The van der Waals surface area contributed by atoms with Gasteiger partial charge in [-0.1, -0.05) is 25.3 Å². The summed E-state index contributed by atoms with van der Waals surface area (Å²) in [5.74, 6) is 0.934. The highest BCUT2D eigenvalue weighted by molar-refractivity contribution is 5.44. The molecule has 2 heteroatoms.